The maximum Gasteiger partial charge on any atom is 0.125 e. The van der Waals surface area contributed by atoms with Gasteiger partial charge >= 0.3 is 0 Å². The van der Waals surface area contributed by atoms with Crippen LogP contribution in [0.25, 0.3) is 120 Å². The van der Waals surface area contributed by atoms with E-state index < -0.39 is 0 Å². The topological polar surface area (TPSA) is 64.5 Å². The third-order valence-corrected chi connectivity index (χ3v) is 20.7. The maximum atomic E-state index is 3.98. The molecule has 0 aliphatic rings. The minimum atomic E-state index is 0.822. The molecule has 0 spiro atoms. The van der Waals surface area contributed by atoms with Crippen molar-refractivity contribution in [3.05, 3.63) is 524 Å². The molecule has 5 heteroatoms. The summed E-state index contributed by atoms with van der Waals surface area (Å²) in [7, 11) is 0. The predicted octanol–water partition coefficient (Wildman–Crippen LogP) is 32.2. The van der Waals surface area contributed by atoms with Gasteiger partial charge in [-0.2, -0.15) is 0 Å². The van der Waals surface area contributed by atoms with E-state index in [1.54, 1.807) is 43.2 Å². The number of nitrogens with zero attached hydrogens (tertiary/aromatic N) is 5. The molecule has 17 aromatic carbocycles. The molecule has 0 unspecified atom stereocenters. The van der Waals surface area contributed by atoms with Gasteiger partial charge in [-0.15, -0.1) is 0 Å². The molecule has 0 aliphatic carbocycles. The van der Waals surface area contributed by atoms with Crippen molar-refractivity contribution in [2.45, 2.75) is 69.2 Å². The standard InChI is InChI=1S/C23H18.3C17H14.2C11H10.3C6H7N.C5H6N2/c1-17-14-20(18-8-3-2-4-9-18)16-21(15-17)23-13-7-11-19-10-5-6-12-22(19)23;1-13-11-15-9-5-6-10-16(15)17(12-13)14-7-3-2-4-8-14;1-13-10-11-17-15(12-13)8-5-9-16(17)14-6-3-2-4-7-14;1-13-7-8-17-12-16(10-9-15(17)11-13)14-5-3-2-4-6-14;1-9-5-4-7-10-6-2-3-8-11(9)10;1-9-6-7-10-4-2-3-5-11(10)8-9;1-6-2-4-7-5-3-6;1-6-3-2-4-7-5-6;1-6-4-2-3-5-7-6;1-5-6-3-2-4-7-5/h2-16H,1H3;3*2-12H,1H3;2*2-8H,1H3;3*2-5H,1H3;2-4H,1H3. The lowest BCUT2D eigenvalue weighted by Gasteiger charge is -2.11. The summed E-state index contributed by atoms with van der Waals surface area (Å²) in [5.41, 5.74) is 24.3. The zero-order valence-electron chi connectivity index (χ0n) is 72.7. The third kappa shape index (κ3) is 26.9. The van der Waals surface area contributed by atoms with Crippen LogP contribution in [0.15, 0.2) is 468 Å². The van der Waals surface area contributed by atoms with E-state index in [4.69, 9.17) is 0 Å². The van der Waals surface area contributed by atoms with Crippen LogP contribution in [0, 0.1) is 69.2 Å². The Kier molecular flexibility index (Phi) is 33.0. The van der Waals surface area contributed by atoms with Crippen LogP contribution >= 0.6 is 0 Å². The van der Waals surface area contributed by atoms with Gasteiger partial charge in [0.05, 0.1) is 0 Å². The van der Waals surface area contributed by atoms with Crippen LogP contribution in [-0.2, 0) is 0 Å². The van der Waals surface area contributed by atoms with Gasteiger partial charge in [-0.1, -0.05) is 393 Å². The Morgan fingerprint density at radius 3 is 1.10 bits per heavy atom. The van der Waals surface area contributed by atoms with Crippen molar-refractivity contribution in [3.8, 4) is 55.6 Å². The Labute approximate surface area is 733 Å². The molecule has 0 amide bonds. The molecule has 21 aromatic rings. The summed E-state index contributed by atoms with van der Waals surface area (Å²) in [5.74, 6) is 0.822. The van der Waals surface area contributed by atoms with Gasteiger partial charge in [-0.3, -0.25) is 15.0 Å². The summed E-state index contributed by atoms with van der Waals surface area (Å²) in [6.45, 7) is 20.7. The Morgan fingerprint density at radius 2 is 0.573 bits per heavy atom. The Balaban J connectivity index is 0.000000129. The second-order valence-corrected chi connectivity index (χ2v) is 30.7. The van der Waals surface area contributed by atoms with E-state index >= 15 is 0 Å². The number of aromatic nitrogens is 5. The quantitative estimate of drug-likeness (QED) is 0.172. The Bertz CT molecular complexity index is 6630. The second kappa shape index (κ2) is 46.4. The van der Waals surface area contributed by atoms with Gasteiger partial charge in [0.2, 0.25) is 0 Å². The monoisotopic (exact) mass is 1610 g/mol. The largest absolute Gasteiger partial charge is 0.265 e. The van der Waals surface area contributed by atoms with Crippen molar-refractivity contribution in [3.63, 3.8) is 0 Å². The highest BCUT2D eigenvalue weighted by Crippen LogP contribution is 2.35. The van der Waals surface area contributed by atoms with E-state index in [9.17, 15) is 0 Å². The first-order valence-corrected chi connectivity index (χ1v) is 42.2. The summed E-state index contributed by atoms with van der Waals surface area (Å²) < 4.78 is 0. The Morgan fingerprint density at radius 1 is 0.161 bits per heavy atom. The second-order valence-electron chi connectivity index (χ2n) is 30.7. The van der Waals surface area contributed by atoms with Crippen molar-refractivity contribution >= 4 is 64.6 Å². The van der Waals surface area contributed by atoms with Crippen molar-refractivity contribution < 1.29 is 0 Å². The predicted molar refractivity (Wildman–Crippen MR) is 533 cm³/mol. The molecule has 124 heavy (non-hydrogen) atoms. The molecule has 4 aromatic heterocycles. The summed E-state index contributed by atoms with van der Waals surface area (Å²) in [5, 5.41) is 15.8. The normalized spacial score (nSPS) is 10.2. The maximum absolute atomic E-state index is 3.98. The molecule has 608 valence electrons. The van der Waals surface area contributed by atoms with Gasteiger partial charge in [0.15, 0.2) is 0 Å². The summed E-state index contributed by atoms with van der Waals surface area (Å²) in [4.78, 5) is 19.4. The molecule has 0 atom stereocenters. The number of benzene rings is 17. The number of rotatable bonds is 5. The summed E-state index contributed by atoms with van der Waals surface area (Å²) in [6, 6.07) is 149. The van der Waals surface area contributed by atoms with E-state index in [1.165, 1.54) is 165 Å². The molecule has 0 radical (unpaired) electrons. The average Bonchev–Trinajstić information content (AvgIpc) is 0.801. The van der Waals surface area contributed by atoms with Crippen LogP contribution in [-0.4, -0.2) is 24.9 Å². The first kappa shape index (κ1) is 88.1. The van der Waals surface area contributed by atoms with E-state index in [0.29, 0.717) is 0 Å². The van der Waals surface area contributed by atoms with Crippen LogP contribution in [0.3, 0.4) is 0 Å². The zero-order chi connectivity index (χ0) is 86.5. The van der Waals surface area contributed by atoms with Crippen molar-refractivity contribution in [2.24, 2.45) is 0 Å². The van der Waals surface area contributed by atoms with Gasteiger partial charge in [-0.05, 0) is 266 Å². The highest BCUT2D eigenvalue weighted by atomic mass is 14.8. The molecule has 0 saturated heterocycles. The van der Waals surface area contributed by atoms with E-state index in [-0.39, 0.29) is 0 Å². The van der Waals surface area contributed by atoms with Crippen molar-refractivity contribution in [1.82, 2.24) is 24.9 Å². The number of pyridine rings is 3. The van der Waals surface area contributed by atoms with Gasteiger partial charge in [0, 0.05) is 49.1 Å². The van der Waals surface area contributed by atoms with E-state index in [2.05, 4.69) is 437 Å². The molecule has 21 rings (SSSR count). The zero-order valence-corrected chi connectivity index (χ0v) is 72.7. The third-order valence-electron chi connectivity index (χ3n) is 20.7. The Hall–Kier alpha value is -15.2. The van der Waals surface area contributed by atoms with E-state index in [1.807, 2.05) is 82.4 Å². The molecule has 0 fully saturated rings. The molecule has 0 aliphatic heterocycles. The fraction of sp³-hybridized carbons (Fsp3) is 0.0840. The molecular formula is C119H107N5. The van der Waals surface area contributed by atoms with Crippen LogP contribution in [0.1, 0.15) is 56.0 Å². The fourth-order valence-corrected chi connectivity index (χ4v) is 14.4. The number of hydrogen-bond acceptors (Lipinski definition) is 5. The molecule has 0 bridgehead atoms. The first-order chi connectivity index (χ1) is 60.6. The van der Waals surface area contributed by atoms with Gasteiger partial charge in [0.1, 0.15) is 5.82 Å². The van der Waals surface area contributed by atoms with Gasteiger partial charge < -0.3 is 0 Å². The SMILES string of the molecule is Cc1cc(-c2ccccc2)c2ccccc2c1.Cc1cc(-c2ccccc2)cc(-c2cccc3ccccc23)c1.Cc1ccc2c(-c3ccccc3)cccc2c1.Cc1ccc2cc(-c3ccccc3)ccc2c1.Cc1ccc2ccccc2c1.Cc1cccc2ccccc12.Cc1ccccn1.Cc1cccnc1.Cc1ccncc1.Cc1ncccn1. The highest BCUT2D eigenvalue weighted by Gasteiger charge is 2.09. The van der Waals surface area contributed by atoms with Crippen LogP contribution in [0.5, 0.6) is 0 Å². The molecule has 0 N–H and O–H groups in total. The molecular weight excluding hydrogens is 1500 g/mol. The molecule has 5 nitrogen and oxygen atoms in total. The molecule has 0 saturated carbocycles. The van der Waals surface area contributed by atoms with Crippen LogP contribution < -0.4 is 0 Å². The van der Waals surface area contributed by atoms with Gasteiger partial charge in [0.25, 0.3) is 0 Å². The fourth-order valence-electron chi connectivity index (χ4n) is 14.4. The minimum Gasteiger partial charge on any atom is -0.265 e. The molecule has 4 heterocycles. The number of hydrogen-bond donors (Lipinski definition) is 0. The lowest BCUT2D eigenvalue weighted by Crippen LogP contribution is -1.86. The van der Waals surface area contributed by atoms with Crippen LogP contribution in [0.2, 0.25) is 0 Å². The van der Waals surface area contributed by atoms with Crippen molar-refractivity contribution in [1.29, 1.82) is 0 Å². The smallest absolute Gasteiger partial charge is 0.125 e. The summed E-state index contributed by atoms with van der Waals surface area (Å²) in [6.07, 6.45) is 12.4. The van der Waals surface area contributed by atoms with E-state index in [0.717, 1.165) is 11.5 Å². The lowest BCUT2D eigenvalue weighted by molar-refractivity contribution is 1.05. The van der Waals surface area contributed by atoms with Gasteiger partial charge in [-0.25, -0.2) is 9.97 Å². The highest BCUT2D eigenvalue weighted by molar-refractivity contribution is 6.00. The van der Waals surface area contributed by atoms with Crippen molar-refractivity contribution in [2.75, 3.05) is 0 Å². The number of aryl methyl sites for hydroxylation is 10. The first-order valence-electron chi connectivity index (χ1n) is 42.2. The summed E-state index contributed by atoms with van der Waals surface area (Å²) >= 11 is 0. The minimum absolute atomic E-state index is 0.822. The number of fused-ring (bicyclic) bond motifs is 6. The lowest BCUT2D eigenvalue weighted by atomic mass is 9.93. The van der Waals surface area contributed by atoms with Crippen LogP contribution in [0.4, 0.5) is 0 Å². The average molecular weight is 1610 g/mol.